The van der Waals surface area contributed by atoms with E-state index in [-0.39, 0.29) is 24.1 Å². The Kier molecular flexibility index (Phi) is 4.62. The van der Waals surface area contributed by atoms with Gasteiger partial charge in [-0.25, -0.2) is 4.39 Å². The van der Waals surface area contributed by atoms with Gasteiger partial charge in [-0.2, -0.15) is 0 Å². The number of ether oxygens (including phenoxy) is 1. The fourth-order valence-corrected chi connectivity index (χ4v) is 2.65. The van der Waals surface area contributed by atoms with Gasteiger partial charge in [0.25, 0.3) is 5.91 Å². The molecule has 0 aliphatic heterocycles. The number of carbonyl (C=O) groups is 1. The molecule has 0 unspecified atom stereocenters. The predicted molar refractivity (Wildman–Crippen MR) is 89.2 cm³/mol. The number of amides is 1. The first-order valence-corrected chi connectivity index (χ1v) is 7.62. The van der Waals surface area contributed by atoms with Gasteiger partial charge in [0.15, 0.2) is 5.76 Å². The van der Waals surface area contributed by atoms with Crippen molar-refractivity contribution in [1.82, 2.24) is 5.32 Å². The standard InChI is InChI=1S/C19H18FNO3/c1-12-9-13(7-8-16(12)20)10-21-19(22)18-15(11-23-2)14-5-3-4-6-17(14)24-18/h3-9H,10-11H2,1-2H3,(H,21,22). The zero-order valence-corrected chi connectivity index (χ0v) is 13.6. The van der Waals surface area contributed by atoms with Crippen LogP contribution in [0, 0.1) is 12.7 Å². The molecule has 0 spiro atoms. The third-order valence-electron chi connectivity index (χ3n) is 3.87. The Morgan fingerprint density at radius 2 is 2.04 bits per heavy atom. The van der Waals surface area contributed by atoms with Crippen molar-refractivity contribution in [2.75, 3.05) is 7.11 Å². The first-order valence-electron chi connectivity index (χ1n) is 7.62. The van der Waals surface area contributed by atoms with Gasteiger partial charge in [0.2, 0.25) is 0 Å². The van der Waals surface area contributed by atoms with Gasteiger partial charge < -0.3 is 14.5 Å². The van der Waals surface area contributed by atoms with E-state index in [9.17, 15) is 9.18 Å². The Labute approximate surface area is 139 Å². The van der Waals surface area contributed by atoms with E-state index >= 15 is 0 Å². The number of aryl methyl sites for hydroxylation is 1. The Morgan fingerprint density at radius 3 is 2.79 bits per heavy atom. The summed E-state index contributed by atoms with van der Waals surface area (Å²) in [5, 5.41) is 3.67. The van der Waals surface area contributed by atoms with E-state index < -0.39 is 0 Å². The summed E-state index contributed by atoms with van der Waals surface area (Å²) in [6.45, 7) is 2.27. The molecular weight excluding hydrogens is 309 g/mol. The number of nitrogens with one attached hydrogen (secondary N) is 1. The smallest absolute Gasteiger partial charge is 0.287 e. The van der Waals surface area contributed by atoms with Gasteiger partial charge in [0, 0.05) is 24.6 Å². The molecule has 0 radical (unpaired) electrons. The summed E-state index contributed by atoms with van der Waals surface area (Å²) in [5.41, 5.74) is 2.74. The third-order valence-corrected chi connectivity index (χ3v) is 3.87. The number of hydrogen-bond donors (Lipinski definition) is 1. The highest BCUT2D eigenvalue weighted by molar-refractivity contribution is 5.99. The van der Waals surface area contributed by atoms with Crippen LogP contribution in [-0.4, -0.2) is 13.0 Å². The van der Waals surface area contributed by atoms with E-state index in [0.717, 1.165) is 16.5 Å². The second-order valence-corrected chi connectivity index (χ2v) is 5.61. The minimum atomic E-state index is -0.319. The molecule has 24 heavy (non-hydrogen) atoms. The van der Waals surface area contributed by atoms with E-state index in [2.05, 4.69) is 5.32 Å². The quantitative estimate of drug-likeness (QED) is 0.772. The first-order chi connectivity index (χ1) is 11.6. The molecular formula is C19H18FNO3. The largest absolute Gasteiger partial charge is 0.451 e. The van der Waals surface area contributed by atoms with Gasteiger partial charge in [-0.1, -0.05) is 30.3 Å². The molecule has 1 heterocycles. The van der Waals surface area contributed by atoms with E-state index in [4.69, 9.17) is 9.15 Å². The van der Waals surface area contributed by atoms with Crippen LogP contribution in [0.25, 0.3) is 11.0 Å². The highest BCUT2D eigenvalue weighted by atomic mass is 19.1. The second kappa shape index (κ2) is 6.84. The maximum atomic E-state index is 13.3. The van der Waals surface area contributed by atoms with Crippen LogP contribution in [0.2, 0.25) is 0 Å². The molecule has 1 aromatic heterocycles. The van der Waals surface area contributed by atoms with Crippen molar-refractivity contribution < 1.29 is 18.3 Å². The van der Waals surface area contributed by atoms with E-state index in [0.29, 0.717) is 17.7 Å². The monoisotopic (exact) mass is 327 g/mol. The number of hydrogen-bond acceptors (Lipinski definition) is 3. The lowest BCUT2D eigenvalue weighted by atomic mass is 10.1. The summed E-state index contributed by atoms with van der Waals surface area (Å²) in [4.78, 5) is 12.5. The molecule has 0 aliphatic carbocycles. The van der Waals surface area contributed by atoms with Crippen molar-refractivity contribution in [3.8, 4) is 0 Å². The van der Waals surface area contributed by atoms with Crippen molar-refractivity contribution in [3.63, 3.8) is 0 Å². The fraction of sp³-hybridized carbons (Fsp3) is 0.211. The van der Waals surface area contributed by atoms with Gasteiger partial charge in [-0.15, -0.1) is 0 Å². The third kappa shape index (κ3) is 3.16. The van der Waals surface area contributed by atoms with Crippen LogP contribution in [0.4, 0.5) is 4.39 Å². The zero-order chi connectivity index (χ0) is 17.1. The molecule has 5 heteroatoms. The Morgan fingerprint density at radius 1 is 1.25 bits per heavy atom. The highest BCUT2D eigenvalue weighted by Crippen LogP contribution is 2.26. The normalized spacial score (nSPS) is 11.0. The van der Waals surface area contributed by atoms with Crippen LogP contribution in [0.15, 0.2) is 46.9 Å². The van der Waals surface area contributed by atoms with Gasteiger partial charge in [0.1, 0.15) is 11.4 Å². The minimum Gasteiger partial charge on any atom is -0.451 e. The molecule has 0 saturated heterocycles. The maximum Gasteiger partial charge on any atom is 0.287 e. The number of benzene rings is 2. The fourth-order valence-electron chi connectivity index (χ4n) is 2.65. The molecule has 0 saturated carbocycles. The predicted octanol–water partition coefficient (Wildman–Crippen LogP) is 3.96. The Hall–Kier alpha value is -2.66. The molecule has 0 atom stereocenters. The number of carbonyl (C=O) groups excluding carboxylic acids is 1. The lowest BCUT2D eigenvalue weighted by Gasteiger charge is -2.06. The van der Waals surface area contributed by atoms with Crippen LogP contribution >= 0.6 is 0 Å². The number of methoxy groups -OCH3 is 1. The van der Waals surface area contributed by atoms with Gasteiger partial charge in [-0.05, 0) is 30.2 Å². The zero-order valence-electron chi connectivity index (χ0n) is 13.6. The molecule has 4 nitrogen and oxygen atoms in total. The summed E-state index contributed by atoms with van der Waals surface area (Å²) in [6, 6.07) is 12.2. The number of fused-ring (bicyclic) bond motifs is 1. The summed E-state index contributed by atoms with van der Waals surface area (Å²) >= 11 is 0. The van der Waals surface area contributed by atoms with Crippen molar-refractivity contribution >= 4 is 16.9 Å². The Bertz CT molecular complexity index is 885. The van der Waals surface area contributed by atoms with Crippen molar-refractivity contribution in [2.45, 2.75) is 20.1 Å². The lowest BCUT2D eigenvalue weighted by Crippen LogP contribution is -2.23. The van der Waals surface area contributed by atoms with Crippen molar-refractivity contribution in [3.05, 3.63) is 70.7 Å². The number of halogens is 1. The van der Waals surface area contributed by atoms with E-state index in [1.165, 1.54) is 6.07 Å². The number of furan rings is 1. The van der Waals surface area contributed by atoms with E-state index in [1.807, 2.05) is 24.3 Å². The molecule has 0 aliphatic rings. The van der Waals surface area contributed by atoms with Gasteiger partial charge >= 0.3 is 0 Å². The summed E-state index contributed by atoms with van der Waals surface area (Å²) in [5.74, 6) is -0.332. The summed E-state index contributed by atoms with van der Waals surface area (Å²) in [7, 11) is 1.57. The highest BCUT2D eigenvalue weighted by Gasteiger charge is 2.20. The minimum absolute atomic E-state index is 0.247. The van der Waals surface area contributed by atoms with Crippen LogP contribution in [-0.2, 0) is 17.9 Å². The average molecular weight is 327 g/mol. The Balaban J connectivity index is 1.82. The number of para-hydroxylation sites is 1. The lowest BCUT2D eigenvalue weighted by molar-refractivity contribution is 0.0918. The average Bonchev–Trinajstić information content (AvgIpc) is 2.95. The van der Waals surface area contributed by atoms with Crippen molar-refractivity contribution in [1.29, 1.82) is 0 Å². The molecule has 124 valence electrons. The van der Waals surface area contributed by atoms with Crippen molar-refractivity contribution in [2.24, 2.45) is 0 Å². The van der Waals surface area contributed by atoms with Gasteiger partial charge in [0.05, 0.1) is 6.61 Å². The second-order valence-electron chi connectivity index (χ2n) is 5.61. The molecule has 1 amide bonds. The van der Waals surface area contributed by atoms with Crippen LogP contribution < -0.4 is 5.32 Å². The SMILES string of the molecule is COCc1c(C(=O)NCc2ccc(F)c(C)c2)oc2ccccc12. The molecule has 2 aromatic carbocycles. The van der Waals surface area contributed by atoms with E-state index in [1.54, 1.807) is 26.2 Å². The molecule has 1 N–H and O–H groups in total. The summed E-state index contributed by atoms with van der Waals surface area (Å²) < 4.78 is 24.2. The maximum absolute atomic E-state index is 13.3. The van der Waals surface area contributed by atoms with Crippen LogP contribution in [0.5, 0.6) is 0 Å². The first kappa shape index (κ1) is 16.2. The molecule has 3 rings (SSSR count). The molecule has 0 bridgehead atoms. The topological polar surface area (TPSA) is 51.5 Å². The number of rotatable bonds is 5. The summed E-state index contributed by atoms with van der Waals surface area (Å²) in [6.07, 6.45) is 0. The molecule has 0 fully saturated rings. The van der Waals surface area contributed by atoms with Gasteiger partial charge in [-0.3, -0.25) is 4.79 Å². The van der Waals surface area contributed by atoms with Crippen LogP contribution in [0.1, 0.15) is 27.2 Å². The molecule has 3 aromatic rings. The van der Waals surface area contributed by atoms with Crippen LogP contribution in [0.3, 0.4) is 0 Å².